The lowest BCUT2D eigenvalue weighted by atomic mass is 9.83. The average molecular weight is 588 g/mol. The number of hydrogen-bond donors (Lipinski definition) is 0. The second-order valence-corrected chi connectivity index (χ2v) is 13.7. The minimum absolute atomic E-state index is 0.164. The molecular formula is C42H53NO. The Morgan fingerprint density at radius 2 is 1.73 bits per heavy atom. The Bertz CT molecular complexity index is 1570. The molecule has 6 rings (SSSR count). The van der Waals surface area contributed by atoms with Crippen LogP contribution in [0.5, 0.6) is 0 Å². The van der Waals surface area contributed by atoms with E-state index in [0.29, 0.717) is 12.0 Å². The Morgan fingerprint density at radius 1 is 0.886 bits per heavy atom. The zero-order chi connectivity index (χ0) is 30.5. The molecule has 5 aliphatic rings. The molecule has 232 valence electrons. The van der Waals surface area contributed by atoms with Gasteiger partial charge in [0, 0.05) is 23.0 Å². The van der Waals surface area contributed by atoms with Gasteiger partial charge in [-0.3, -0.25) is 0 Å². The number of nitrogens with zero attached hydrogens (tertiary/aromatic N) is 1. The van der Waals surface area contributed by atoms with Crippen LogP contribution in [0.15, 0.2) is 107 Å². The number of fused-ring (bicyclic) bond motifs is 1. The van der Waals surface area contributed by atoms with Crippen LogP contribution in [0, 0.1) is 5.92 Å². The van der Waals surface area contributed by atoms with E-state index in [0.717, 1.165) is 57.8 Å². The van der Waals surface area contributed by atoms with Gasteiger partial charge < -0.3 is 9.64 Å². The molecule has 1 aromatic carbocycles. The van der Waals surface area contributed by atoms with Crippen molar-refractivity contribution in [2.45, 2.75) is 123 Å². The third-order valence-corrected chi connectivity index (χ3v) is 10.4. The first kappa shape index (κ1) is 30.8. The summed E-state index contributed by atoms with van der Waals surface area (Å²) in [4.78, 5) is 2.69. The first-order chi connectivity index (χ1) is 21.5. The van der Waals surface area contributed by atoms with Gasteiger partial charge in [0.25, 0.3) is 0 Å². The topological polar surface area (TPSA) is 12.5 Å². The molecule has 1 aromatic rings. The fraction of sp³-hybridized carbons (Fsp3) is 0.476. The van der Waals surface area contributed by atoms with Gasteiger partial charge >= 0.3 is 0 Å². The average Bonchev–Trinajstić information content (AvgIpc) is 3.06. The van der Waals surface area contributed by atoms with E-state index in [-0.39, 0.29) is 6.10 Å². The van der Waals surface area contributed by atoms with Crippen LogP contribution in [0.4, 0.5) is 0 Å². The molecule has 0 aliphatic heterocycles. The fourth-order valence-electron chi connectivity index (χ4n) is 7.78. The van der Waals surface area contributed by atoms with Crippen molar-refractivity contribution >= 4 is 11.3 Å². The molecule has 0 bridgehead atoms. The highest BCUT2D eigenvalue weighted by Gasteiger charge is 2.28. The summed E-state index contributed by atoms with van der Waals surface area (Å²) in [5.74, 6) is 1.90. The summed E-state index contributed by atoms with van der Waals surface area (Å²) in [7, 11) is 0. The van der Waals surface area contributed by atoms with Gasteiger partial charge in [-0.1, -0.05) is 99.6 Å². The molecule has 0 N–H and O–H groups in total. The van der Waals surface area contributed by atoms with E-state index in [9.17, 15) is 0 Å². The van der Waals surface area contributed by atoms with Crippen LogP contribution >= 0.6 is 0 Å². The summed E-state index contributed by atoms with van der Waals surface area (Å²) in [6.07, 6.45) is 34.4. The molecule has 0 aromatic heterocycles. The van der Waals surface area contributed by atoms with Gasteiger partial charge in [-0.25, -0.2) is 0 Å². The van der Waals surface area contributed by atoms with Crippen molar-refractivity contribution < 1.29 is 4.74 Å². The third-order valence-electron chi connectivity index (χ3n) is 10.4. The summed E-state index contributed by atoms with van der Waals surface area (Å²) in [5, 5.41) is 2.86. The molecule has 0 radical (unpaired) electrons. The van der Waals surface area contributed by atoms with Crippen LogP contribution in [0.1, 0.15) is 111 Å². The zero-order valence-corrected chi connectivity index (χ0v) is 27.7. The summed E-state index contributed by atoms with van der Waals surface area (Å²) < 4.78 is 6.75. The molecule has 0 saturated heterocycles. The van der Waals surface area contributed by atoms with Gasteiger partial charge in [-0.05, 0) is 117 Å². The van der Waals surface area contributed by atoms with Crippen molar-refractivity contribution in [1.82, 2.24) is 4.90 Å². The van der Waals surface area contributed by atoms with Gasteiger partial charge in [-0.2, -0.15) is 0 Å². The first-order valence-electron chi connectivity index (χ1n) is 17.6. The van der Waals surface area contributed by atoms with Crippen molar-refractivity contribution in [1.29, 1.82) is 0 Å². The summed E-state index contributed by atoms with van der Waals surface area (Å²) in [6, 6.07) is 9.53. The SMILES string of the molecule is CCCC(OC1=C(C)CCCC1)C1=CCC(N(C2=CCCC=C2)C2=c3ccccc3=C(C3=CC=C(C(C)C)CC3)CC2)C=C1. The molecule has 0 fully saturated rings. The molecule has 0 spiro atoms. The zero-order valence-electron chi connectivity index (χ0n) is 27.7. The van der Waals surface area contributed by atoms with Gasteiger partial charge in [0.15, 0.2) is 0 Å². The molecule has 2 nitrogen and oxygen atoms in total. The van der Waals surface area contributed by atoms with Gasteiger partial charge in [-0.15, -0.1) is 0 Å². The summed E-state index contributed by atoms with van der Waals surface area (Å²) >= 11 is 0. The highest BCUT2D eigenvalue weighted by molar-refractivity contribution is 5.70. The van der Waals surface area contributed by atoms with E-state index >= 15 is 0 Å². The lowest BCUT2D eigenvalue weighted by Crippen LogP contribution is -2.42. The smallest absolute Gasteiger partial charge is 0.123 e. The van der Waals surface area contributed by atoms with Crippen LogP contribution in [-0.4, -0.2) is 17.0 Å². The molecule has 0 amide bonds. The predicted molar refractivity (Wildman–Crippen MR) is 187 cm³/mol. The fourth-order valence-corrected chi connectivity index (χ4v) is 7.78. The maximum absolute atomic E-state index is 6.75. The Labute approximate surface area is 266 Å². The quantitative estimate of drug-likeness (QED) is 0.270. The standard InChI is InChI=1S/C42H53NO/c1-5-13-42(44-41-19-12-9-14-31(41)4)34-24-26-36(27-25-34)43(35-15-7-6-8-16-35)40-29-28-37(38-17-10-11-18-39(38)40)33-22-20-32(21-23-33)30(2)3/h7,10-11,15-18,20,22,24-26,30,36,42H,5-6,8-9,12-14,19,21,23,27-29H2,1-4H3. The van der Waals surface area contributed by atoms with Gasteiger partial charge in [0.2, 0.25) is 0 Å². The van der Waals surface area contributed by atoms with Crippen LogP contribution in [0.2, 0.25) is 0 Å². The molecule has 2 unspecified atom stereocenters. The van der Waals surface area contributed by atoms with Crippen molar-refractivity contribution in [2.24, 2.45) is 5.92 Å². The van der Waals surface area contributed by atoms with Crippen molar-refractivity contribution in [2.75, 3.05) is 0 Å². The molecule has 44 heavy (non-hydrogen) atoms. The summed E-state index contributed by atoms with van der Waals surface area (Å²) in [5.41, 5.74) is 10.4. The molecule has 0 saturated carbocycles. The van der Waals surface area contributed by atoms with Crippen molar-refractivity contribution in [3.63, 3.8) is 0 Å². The van der Waals surface area contributed by atoms with Crippen LogP contribution in [-0.2, 0) is 4.74 Å². The number of benzene rings is 1. The Hall–Kier alpha value is -3.26. The van der Waals surface area contributed by atoms with Gasteiger partial charge in [0.1, 0.15) is 6.10 Å². The van der Waals surface area contributed by atoms with E-state index in [1.165, 1.54) is 64.4 Å². The Morgan fingerprint density at radius 3 is 2.41 bits per heavy atom. The Balaban J connectivity index is 1.35. The number of allylic oxidation sites excluding steroid dienone is 9. The van der Waals surface area contributed by atoms with E-state index in [2.05, 4.69) is 105 Å². The number of ether oxygens (including phenoxy) is 1. The largest absolute Gasteiger partial charge is 0.490 e. The molecule has 2 heteroatoms. The Kier molecular flexibility index (Phi) is 9.95. The maximum Gasteiger partial charge on any atom is 0.123 e. The first-order valence-corrected chi connectivity index (χ1v) is 17.6. The molecule has 5 aliphatic carbocycles. The summed E-state index contributed by atoms with van der Waals surface area (Å²) in [6.45, 7) is 9.20. The molecule has 2 atom stereocenters. The van der Waals surface area contributed by atoms with E-state index in [4.69, 9.17) is 4.74 Å². The van der Waals surface area contributed by atoms with Crippen LogP contribution in [0.25, 0.3) is 11.3 Å². The van der Waals surface area contributed by atoms with Crippen LogP contribution < -0.4 is 10.4 Å². The second-order valence-electron chi connectivity index (χ2n) is 13.7. The lowest BCUT2D eigenvalue weighted by molar-refractivity contribution is 0.123. The number of rotatable bonds is 10. The maximum atomic E-state index is 6.75. The monoisotopic (exact) mass is 587 g/mol. The number of hydrogen-bond acceptors (Lipinski definition) is 2. The van der Waals surface area contributed by atoms with E-state index in [1.807, 2.05) is 0 Å². The van der Waals surface area contributed by atoms with Gasteiger partial charge in [0.05, 0.1) is 11.8 Å². The van der Waals surface area contributed by atoms with Crippen molar-refractivity contribution in [3.8, 4) is 0 Å². The second kappa shape index (κ2) is 14.2. The minimum Gasteiger partial charge on any atom is -0.490 e. The lowest BCUT2D eigenvalue weighted by Gasteiger charge is -2.38. The molecule has 0 heterocycles. The highest BCUT2D eigenvalue weighted by Crippen LogP contribution is 2.36. The van der Waals surface area contributed by atoms with Crippen LogP contribution in [0.3, 0.4) is 0 Å². The van der Waals surface area contributed by atoms with Crippen molar-refractivity contribution in [3.05, 3.63) is 117 Å². The van der Waals surface area contributed by atoms with E-state index in [1.54, 1.807) is 16.7 Å². The van der Waals surface area contributed by atoms with E-state index < -0.39 is 0 Å². The molecular weight excluding hydrogens is 534 g/mol. The predicted octanol–water partition coefficient (Wildman–Crippen LogP) is 9.87. The normalized spacial score (nSPS) is 22.7. The minimum atomic E-state index is 0.164. The highest BCUT2D eigenvalue weighted by atomic mass is 16.5. The third kappa shape index (κ3) is 6.70.